The Labute approximate surface area is 221 Å². The van der Waals surface area contributed by atoms with E-state index in [0.717, 1.165) is 23.1 Å². The number of aliphatic carboxylic acids is 1. The number of carbonyl (C=O) groups excluding carboxylic acids is 1. The van der Waals surface area contributed by atoms with Gasteiger partial charge in [-0.25, -0.2) is 9.37 Å². The van der Waals surface area contributed by atoms with Crippen molar-refractivity contribution >= 4 is 17.6 Å². The molecule has 4 atom stereocenters. The Kier molecular flexibility index (Phi) is 8.48. The number of carbonyl (C=O) groups is 2. The zero-order chi connectivity index (χ0) is 27.4. The molecule has 0 radical (unpaired) electrons. The molecule has 1 amide bonds. The number of hydrogen-bond acceptors (Lipinski definition) is 6. The van der Waals surface area contributed by atoms with E-state index in [2.05, 4.69) is 15.3 Å². The topological polar surface area (TPSA) is 127 Å². The van der Waals surface area contributed by atoms with Crippen molar-refractivity contribution in [3.05, 3.63) is 77.0 Å². The first-order chi connectivity index (χ1) is 18.2. The maximum absolute atomic E-state index is 14.7. The predicted molar refractivity (Wildman–Crippen MR) is 142 cm³/mol. The van der Waals surface area contributed by atoms with E-state index in [1.165, 1.54) is 6.07 Å². The Hall–Kier alpha value is -3.69. The lowest BCUT2D eigenvalue weighted by Crippen LogP contribution is -2.46. The molecule has 1 saturated carbocycles. The number of benzene rings is 1. The molecule has 0 bridgehead atoms. The van der Waals surface area contributed by atoms with Crippen LogP contribution >= 0.6 is 0 Å². The summed E-state index contributed by atoms with van der Waals surface area (Å²) in [7, 11) is 0. The number of carboxylic acid groups (broad SMARTS) is 1. The van der Waals surface area contributed by atoms with Crippen molar-refractivity contribution in [3.8, 4) is 11.3 Å². The fraction of sp³-hybridized carbons (Fsp3) is 0.379. The average Bonchev–Trinajstić information content (AvgIpc) is 2.86. The summed E-state index contributed by atoms with van der Waals surface area (Å²) in [5, 5.41) is 11.8. The van der Waals surface area contributed by atoms with Gasteiger partial charge < -0.3 is 20.9 Å². The molecule has 4 rings (SSSR count). The molecule has 0 spiro atoms. The van der Waals surface area contributed by atoms with E-state index in [0.29, 0.717) is 23.4 Å². The smallest absolute Gasteiger partial charge is 0.305 e. The molecule has 4 N–H and O–H groups in total. The van der Waals surface area contributed by atoms with Gasteiger partial charge in [-0.15, -0.1) is 0 Å². The summed E-state index contributed by atoms with van der Waals surface area (Å²) in [6.45, 7) is 5.81. The third-order valence-corrected chi connectivity index (χ3v) is 7.15. The van der Waals surface area contributed by atoms with Crippen LogP contribution in [-0.4, -0.2) is 45.7 Å². The minimum absolute atomic E-state index is 0.0558. The number of hydrogen-bond donors (Lipinski definition) is 3. The second kappa shape index (κ2) is 11.8. The number of amides is 1. The van der Waals surface area contributed by atoms with Gasteiger partial charge in [0.1, 0.15) is 11.5 Å². The fourth-order valence-electron chi connectivity index (χ4n) is 5.28. The maximum atomic E-state index is 14.7. The Balaban J connectivity index is 1.53. The van der Waals surface area contributed by atoms with Gasteiger partial charge in [0.15, 0.2) is 0 Å². The van der Waals surface area contributed by atoms with Crippen LogP contribution in [0.5, 0.6) is 0 Å². The average molecular weight is 521 g/mol. The number of aryl methyl sites for hydroxylation is 2. The molecule has 0 saturated heterocycles. The molecule has 1 aliphatic carbocycles. The molecule has 2 heterocycles. The summed E-state index contributed by atoms with van der Waals surface area (Å²) < 4.78 is 20.5. The number of aromatic nitrogens is 2. The molecule has 1 fully saturated rings. The summed E-state index contributed by atoms with van der Waals surface area (Å²) in [5.41, 5.74) is 10.4. The molecular weight excluding hydrogens is 487 g/mol. The number of halogens is 1. The van der Waals surface area contributed by atoms with E-state index in [-0.39, 0.29) is 48.5 Å². The molecule has 2 aromatic heterocycles. The van der Waals surface area contributed by atoms with Gasteiger partial charge in [0.25, 0.3) is 5.91 Å². The van der Waals surface area contributed by atoms with Crippen molar-refractivity contribution in [2.75, 3.05) is 11.9 Å². The van der Waals surface area contributed by atoms with Gasteiger partial charge in [0, 0.05) is 17.8 Å². The summed E-state index contributed by atoms with van der Waals surface area (Å²) in [4.78, 5) is 32.8. The predicted octanol–water partition coefficient (Wildman–Crippen LogP) is 4.85. The highest BCUT2D eigenvalue weighted by Gasteiger charge is 2.36. The Bertz CT molecular complexity index is 1300. The molecule has 3 aromatic rings. The van der Waals surface area contributed by atoms with Crippen molar-refractivity contribution in [2.24, 2.45) is 11.7 Å². The maximum Gasteiger partial charge on any atom is 0.305 e. The molecule has 8 nitrogen and oxygen atoms in total. The molecule has 0 unspecified atom stereocenters. The van der Waals surface area contributed by atoms with Crippen LogP contribution in [0.15, 0.2) is 48.8 Å². The van der Waals surface area contributed by atoms with Gasteiger partial charge >= 0.3 is 5.97 Å². The highest BCUT2D eigenvalue weighted by atomic mass is 19.1. The zero-order valence-corrected chi connectivity index (χ0v) is 21.8. The van der Waals surface area contributed by atoms with Gasteiger partial charge in [-0.05, 0) is 73.4 Å². The second-order valence-electron chi connectivity index (χ2n) is 10.00. The number of carboxylic acids is 1. The summed E-state index contributed by atoms with van der Waals surface area (Å²) >= 11 is 0. The lowest BCUT2D eigenvalue weighted by Gasteiger charge is -2.39. The van der Waals surface area contributed by atoms with Gasteiger partial charge in [0.2, 0.25) is 0 Å². The van der Waals surface area contributed by atoms with Crippen molar-refractivity contribution in [3.63, 3.8) is 0 Å². The van der Waals surface area contributed by atoms with E-state index in [9.17, 15) is 14.0 Å². The molecule has 1 aromatic carbocycles. The van der Waals surface area contributed by atoms with Crippen molar-refractivity contribution in [1.29, 1.82) is 0 Å². The molecule has 200 valence electrons. The lowest BCUT2D eigenvalue weighted by atomic mass is 9.74. The van der Waals surface area contributed by atoms with Crippen LogP contribution in [0.1, 0.15) is 59.3 Å². The largest absolute Gasteiger partial charge is 0.481 e. The first kappa shape index (κ1) is 27.3. The molecule has 1 aliphatic rings. The van der Waals surface area contributed by atoms with E-state index in [1.807, 2.05) is 32.9 Å². The first-order valence-electron chi connectivity index (χ1n) is 12.7. The fourth-order valence-corrected chi connectivity index (χ4v) is 5.28. The normalized spacial score (nSPS) is 21.2. The number of nitrogens with two attached hydrogens (primary N) is 1. The Morgan fingerprint density at radius 3 is 2.66 bits per heavy atom. The number of anilines is 1. The summed E-state index contributed by atoms with van der Waals surface area (Å²) in [5.74, 6) is -1.56. The standard InChI is InChI=1S/C29H33FN4O4/c1-16-5-4-6-21(30)26(16)27-17(2)7-8-23(33-27)29(37)34-24-15-32-11-9-20(24)19-13-18(3)28(22(31)14-19)38-12-10-25(35)36/h4-9,11,15,18-19,22,28H,10,12-14,31H2,1-3H3,(H,34,37)(H,35,36)/t18-,19+,22+,28+/m0/s1. The third-order valence-electron chi connectivity index (χ3n) is 7.15. The highest BCUT2D eigenvalue weighted by Crippen LogP contribution is 2.39. The van der Waals surface area contributed by atoms with Gasteiger partial charge in [-0.3, -0.25) is 14.6 Å². The minimum atomic E-state index is -0.906. The number of nitrogens with one attached hydrogen (secondary N) is 1. The van der Waals surface area contributed by atoms with E-state index < -0.39 is 11.9 Å². The van der Waals surface area contributed by atoms with Gasteiger partial charge in [0.05, 0.1) is 36.7 Å². The van der Waals surface area contributed by atoms with Crippen molar-refractivity contribution < 1.29 is 23.8 Å². The second-order valence-corrected chi connectivity index (χ2v) is 10.00. The number of ether oxygens (including phenoxy) is 1. The number of pyridine rings is 2. The van der Waals surface area contributed by atoms with Gasteiger partial charge in [-0.2, -0.15) is 0 Å². The molecular formula is C29H33FN4O4. The van der Waals surface area contributed by atoms with Crippen molar-refractivity contribution in [1.82, 2.24) is 9.97 Å². The number of rotatable bonds is 8. The third kappa shape index (κ3) is 6.06. The van der Waals surface area contributed by atoms with Crippen LogP contribution in [0.4, 0.5) is 10.1 Å². The molecule has 9 heteroatoms. The van der Waals surface area contributed by atoms with Crippen LogP contribution in [0, 0.1) is 25.6 Å². The van der Waals surface area contributed by atoms with Crippen molar-refractivity contribution in [2.45, 2.75) is 58.1 Å². The zero-order valence-electron chi connectivity index (χ0n) is 21.8. The summed E-state index contributed by atoms with van der Waals surface area (Å²) in [6, 6.07) is 9.83. The summed E-state index contributed by atoms with van der Waals surface area (Å²) in [6.07, 6.45) is 4.37. The molecule has 0 aliphatic heterocycles. The van der Waals surface area contributed by atoms with Crippen LogP contribution in [0.2, 0.25) is 0 Å². The number of nitrogens with zero attached hydrogens (tertiary/aromatic N) is 2. The van der Waals surface area contributed by atoms with Crippen LogP contribution in [-0.2, 0) is 9.53 Å². The Morgan fingerprint density at radius 1 is 1.16 bits per heavy atom. The van der Waals surface area contributed by atoms with Crippen LogP contribution in [0.25, 0.3) is 11.3 Å². The minimum Gasteiger partial charge on any atom is -0.481 e. The Morgan fingerprint density at radius 2 is 1.95 bits per heavy atom. The van der Waals surface area contributed by atoms with E-state index in [1.54, 1.807) is 30.6 Å². The molecule has 38 heavy (non-hydrogen) atoms. The SMILES string of the molecule is Cc1ccc(C(=O)Nc2cnccc2[C@H]2C[C@@H](N)[C@H](OCCC(=O)O)[C@@H](C)C2)nc1-c1c(C)cccc1F. The monoisotopic (exact) mass is 520 g/mol. The van der Waals surface area contributed by atoms with E-state index in [4.69, 9.17) is 15.6 Å². The van der Waals surface area contributed by atoms with Gasteiger partial charge in [-0.1, -0.05) is 25.1 Å². The van der Waals surface area contributed by atoms with Crippen LogP contribution < -0.4 is 11.1 Å². The first-order valence-corrected chi connectivity index (χ1v) is 12.7. The van der Waals surface area contributed by atoms with E-state index >= 15 is 0 Å². The lowest BCUT2D eigenvalue weighted by molar-refractivity contribution is -0.139. The van der Waals surface area contributed by atoms with Crippen LogP contribution in [0.3, 0.4) is 0 Å². The highest BCUT2D eigenvalue weighted by molar-refractivity contribution is 6.03. The quantitative estimate of drug-likeness (QED) is 0.387.